The average Bonchev–Trinajstić information content (AvgIpc) is 2.83. The van der Waals surface area contributed by atoms with E-state index in [2.05, 4.69) is 12.1 Å². The number of carboxylic acids is 1. The summed E-state index contributed by atoms with van der Waals surface area (Å²) in [6.07, 6.45) is 2.95. The third-order valence-electron chi connectivity index (χ3n) is 7.04. The number of fused-ring (bicyclic) bond motifs is 1. The van der Waals surface area contributed by atoms with Gasteiger partial charge in [0.25, 0.3) is 0 Å². The Kier molecular flexibility index (Phi) is 7.16. The van der Waals surface area contributed by atoms with Crippen molar-refractivity contribution in [2.75, 3.05) is 31.2 Å². The van der Waals surface area contributed by atoms with Gasteiger partial charge in [0.15, 0.2) is 16.9 Å². The van der Waals surface area contributed by atoms with Crippen LogP contribution in [0.1, 0.15) is 37.2 Å². The third-order valence-corrected chi connectivity index (χ3v) is 7.32. The molecule has 2 fully saturated rings. The quantitative estimate of drug-likeness (QED) is 0.411. The van der Waals surface area contributed by atoms with Gasteiger partial charge in [0.2, 0.25) is 0 Å². The van der Waals surface area contributed by atoms with Gasteiger partial charge < -0.3 is 23.9 Å². The number of ether oxygens (including phenoxy) is 2. The zero-order valence-corrected chi connectivity index (χ0v) is 20.4. The molecule has 1 aromatic heterocycles. The summed E-state index contributed by atoms with van der Waals surface area (Å²) in [7, 11) is 0. The van der Waals surface area contributed by atoms with Crippen molar-refractivity contribution >= 4 is 34.4 Å². The number of carbonyl (C=O) groups is 1. The van der Waals surface area contributed by atoms with Gasteiger partial charge in [-0.1, -0.05) is 23.7 Å². The first kappa shape index (κ1) is 24.6. The predicted molar refractivity (Wildman–Crippen MR) is 134 cm³/mol. The average molecular weight is 516 g/mol. The lowest BCUT2D eigenvalue weighted by atomic mass is 9.82. The molecule has 7 nitrogen and oxygen atoms in total. The third kappa shape index (κ3) is 5.34. The molecule has 36 heavy (non-hydrogen) atoms. The van der Waals surface area contributed by atoms with Gasteiger partial charge in [0.1, 0.15) is 18.2 Å². The van der Waals surface area contributed by atoms with Crippen molar-refractivity contribution in [1.82, 2.24) is 0 Å². The van der Waals surface area contributed by atoms with Crippen LogP contribution >= 0.6 is 11.6 Å². The Morgan fingerprint density at radius 1 is 1.11 bits per heavy atom. The van der Waals surface area contributed by atoms with Gasteiger partial charge in [0, 0.05) is 19.2 Å². The van der Waals surface area contributed by atoms with Gasteiger partial charge in [-0.2, -0.15) is 0 Å². The molecule has 0 radical (unpaired) electrons. The van der Waals surface area contributed by atoms with Crippen molar-refractivity contribution in [2.24, 2.45) is 5.92 Å². The monoisotopic (exact) mass is 515 g/mol. The summed E-state index contributed by atoms with van der Waals surface area (Å²) in [5, 5.41) is 9.13. The molecule has 2 heterocycles. The van der Waals surface area contributed by atoms with E-state index in [0.29, 0.717) is 37.9 Å². The molecule has 0 unspecified atom stereocenters. The van der Waals surface area contributed by atoms with Gasteiger partial charge in [-0.05, 0) is 61.4 Å². The lowest BCUT2D eigenvalue weighted by molar-refractivity contribution is -0.151. The van der Waals surface area contributed by atoms with Gasteiger partial charge in [0.05, 0.1) is 29.0 Å². The van der Waals surface area contributed by atoms with Gasteiger partial charge in [-0.3, -0.25) is 9.59 Å². The molecule has 3 aromatic rings. The maximum atomic E-state index is 13.6. The fraction of sp³-hybridized carbons (Fsp3) is 0.407. The molecule has 0 amide bonds. The van der Waals surface area contributed by atoms with Crippen LogP contribution in [0.15, 0.2) is 51.7 Å². The van der Waals surface area contributed by atoms with Crippen LogP contribution in [0.3, 0.4) is 0 Å². The van der Waals surface area contributed by atoms with E-state index in [4.69, 9.17) is 30.6 Å². The summed E-state index contributed by atoms with van der Waals surface area (Å²) < 4.78 is 30.9. The molecule has 1 N–H and O–H groups in total. The van der Waals surface area contributed by atoms with Crippen molar-refractivity contribution in [2.45, 2.75) is 37.7 Å². The fourth-order valence-electron chi connectivity index (χ4n) is 4.87. The molecule has 1 aliphatic carbocycles. The molecule has 5 rings (SSSR count). The molecule has 0 atom stereocenters. The minimum absolute atomic E-state index is 0.0190. The second kappa shape index (κ2) is 10.5. The number of hydrogen-bond donors (Lipinski definition) is 1. The van der Waals surface area contributed by atoms with Crippen molar-refractivity contribution in [3.8, 4) is 5.75 Å². The van der Waals surface area contributed by atoms with Crippen LogP contribution in [0, 0.1) is 11.7 Å². The van der Waals surface area contributed by atoms with E-state index < -0.39 is 11.8 Å². The maximum absolute atomic E-state index is 13.6. The van der Waals surface area contributed by atoms with E-state index in [1.54, 1.807) is 0 Å². The van der Waals surface area contributed by atoms with Crippen LogP contribution in [0.2, 0.25) is 5.02 Å². The summed E-state index contributed by atoms with van der Waals surface area (Å²) in [6, 6.07) is 11.8. The number of halogens is 2. The maximum Gasteiger partial charge on any atom is 0.306 e. The van der Waals surface area contributed by atoms with Crippen LogP contribution in [0.5, 0.6) is 5.75 Å². The van der Waals surface area contributed by atoms with Gasteiger partial charge in [-0.15, -0.1) is 0 Å². The summed E-state index contributed by atoms with van der Waals surface area (Å²) in [5.41, 5.74) is 1.12. The normalized spacial score (nSPS) is 20.3. The topological polar surface area (TPSA) is 89.2 Å². The molecule has 2 aromatic carbocycles. The molecular formula is C27H27ClFNO6. The highest BCUT2D eigenvalue weighted by molar-refractivity contribution is 6.34. The number of anilines is 1. The Morgan fingerprint density at radius 2 is 1.83 bits per heavy atom. The zero-order valence-electron chi connectivity index (χ0n) is 19.6. The smallest absolute Gasteiger partial charge is 0.306 e. The molecule has 9 heteroatoms. The van der Waals surface area contributed by atoms with Crippen molar-refractivity contribution in [1.29, 1.82) is 0 Å². The Bertz CT molecular complexity index is 1300. The van der Waals surface area contributed by atoms with Crippen LogP contribution in [0.4, 0.5) is 10.3 Å². The van der Waals surface area contributed by atoms with Gasteiger partial charge >= 0.3 is 5.97 Å². The largest absolute Gasteiger partial charge is 0.491 e. The second-order valence-electron chi connectivity index (χ2n) is 9.39. The number of piperidine rings is 1. The van der Waals surface area contributed by atoms with Crippen LogP contribution in [0.25, 0.3) is 11.0 Å². The molecule has 1 saturated carbocycles. The van der Waals surface area contributed by atoms with Gasteiger partial charge in [-0.25, -0.2) is 4.39 Å². The van der Waals surface area contributed by atoms with E-state index in [1.807, 2.05) is 17.0 Å². The molecule has 190 valence electrons. The minimum atomic E-state index is -0.750. The van der Waals surface area contributed by atoms with E-state index in [9.17, 15) is 14.0 Å². The van der Waals surface area contributed by atoms with E-state index in [1.165, 1.54) is 11.6 Å². The lowest BCUT2D eigenvalue weighted by Gasteiger charge is -2.32. The molecule has 0 bridgehead atoms. The first-order valence-electron chi connectivity index (χ1n) is 12.1. The first-order valence-corrected chi connectivity index (χ1v) is 12.5. The Hall–Kier alpha value is -3.10. The van der Waals surface area contributed by atoms with Crippen LogP contribution in [-0.2, 0) is 9.53 Å². The molecule has 0 spiro atoms. The fourth-order valence-corrected chi connectivity index (χ4v) is 5.12. The highest BCUT2D eigenvalue weighted by Crippen LogP contribution is 2.33. The first-order chi connectivity index (χ1) is 17.4. The number of aliphatic carboxylic acids is 1. The number of nitrogens with zero attached hydrogens (tertiary/aromatic N) is 1. The second-order valence-corrected chi connectivity index (χ2v) is 9.80. The highest BCUT2D eigenvalue weighted by atomic mass is 35.5. The molecule has 2 aliphatic rings. The summed E-state index contributed by atoms with van der Waals surface area (Å²) in [5.74, 6) is 0.00591. The van der Waals surface area contributed by atoms with Crippen molar-refractivity contribution in [3.63, 3.8) is 0 Å². The van der Waals surface area contributed by atoms with Crippen LogP contribution < -0.4 is 15.1 Å². The standard InChI is InChI=1S/C27H27ClFNO6/c28-23-14-19(29)13-22-24(31)15-25(36-26(22)23)30-7-5-17(6-8-30)16-1-3-20(4-2-16)34-9-10-35-21-11-18(12-21)27(32)33/h1-4,13-15,17-18,21H,5-12H2,(H,32,33). The lowest BCUT2D eigenvalue weighted by Crippen LogP contribution is -2.36. The van der Waals surface area contributed by atoms with E-state index in [0.717, 1.165) is 43.8 Å². The van der Waals surface area contributed by atoms with Crippen molar-refractivity contribution in [3.05, 3.63) is 69.1 Å². The Labute approximate surface area is 212 Å². The van der Waals surface area contributed by atoms with Crippen LogP contribution in [-0.4, -0.2) is 43.5 Å². The van der Waals surface area contributed by atoms with E-state index in [-0.39, 0.29) is 33.4 Å². The summed E-state index contributed by atoms with van der Waals surface area (Å²) >= 11 is 6.11. The SMILES string of the molecule is O=C(O)C1CC(OCCOc2ccc(C3CCN(c4cc(=O)c5cc(F)cc(Cl)c5o4)CC3)cc2)C1. The number of hydrogen-bond acceptors (Lipinski definition) is 6. The molecule has 1 saturated heterocycles. The van der Waals surface area contributed by atoms with Crippen molar-refractivity contribution < 1.29 is 28.2 Å². The highest BCUT2D eigenvalue weighted by Gasteiger charge is 2.35. The minimum Gasteiger partial charge on any atom is -0.491 e. The Morgan fingerprint density at radius 3 is 2.53 bits per heavy atom. The zero-order chi connectivity index (χ0) is 25.2. The van der Waals surface area contributed by atoms with E-state index >= 15 is 0 Å². The number of carboxylic acid groups (broad SMARTS) is 1. The number of benzene rings is 2. The predicted octanol–water partition coefficient (Wildman–Crippen LogP) is 5.23. The summed E-state index contributed by atoms with van der Waals surface area (Å²) in [4.78, 5) is 25.3. The molecular weight excluding hydrogens is 489 g/mol. The summed E-state index contributed by atoms with van der Waals surface area (Å²) in [6.45, 7) is 2.29. The Balaban J connectivity index is 1.11. The number of rotatable bonds is 8. The molecule has 1 aliphatic heterocycles.